The predicted octanol–water partition coefficient (Wildman–Crippen LogP) is 4.01. The van der Waals surface area contributed by atoms with Crippen molar-refractivity contribution in [2.24, 2.45) is 0 Å². The molecule has 0 aromatic rings. The summed E-state index contributed by atoms with van der Waals surface area (Å²) in [6.07, 6.45) is 6.73. The van der Waals surface area contributed by atoms with Gasteiger partial charge in [-0.05, 0) is 5.75 Å². The van der Waals surface area contributed by atoms with E-state index in [2.05, 4.69) is 33.4 Å². The molecule has 2 heteroatoms. The smallest absolute Gasteiger partial charge is 0.143 e. The van der Waals surface area contributed by atoms with Crippen LogP contribution in [-0.4, -0.2) is 12.5 Å². The standard InChI is InChI=1S/C10H23BS/c1-4-6-10(3)11(7-5-2)8-9-12/h10,12H,4-9H2,1-3H3/t10-/m1/s1. The highest BCUT2D eigenvalue weighted by Gasteiger charge is 2.18. The van der Waals surface area contributed by atoms with Gasteiger partial charge in [-0.15, -0.1) is 0 Å². The molecule has 0 aliphatic carbocycles. The fraction of sp³-hybridized carbons (Fsp3) is 1.00. The zero-order valence-electron chi connectivity index (χ0n) is 8.84. The van der Waals surface area contributed by atoms with E-state index >= 15 is 0 Å². The van der Waals surface area contributed by atoms with Crippen LogP contribution >= 0.6 is 12.6 Å². The minimum Gasteiger partial charge on any atom is -0.180 e. The van der Waals surface area contributed by atoms with Gasteiger partial charge >= 0.3 is 0 Å². The van der Waals surface area contributed by atoms with E-state index in [1.807, 2.05) is 0 Å². The Labute approximate surface area is 84.0 Å². The summed E-state index contributed by atoms with van der Waals surface area (Å²) in [5.41, 5.74) is 0. The molecular weight excluding hydrogens is 163 g/mol. The van der Waals surface area contributed by atoms with Gasteiger partial charge in [0, 0.05) is 0 Å². The molecule has 0 nitrogen and oxygen atoms in total. The van der Waals surface area contributed by atoms with Gasteiger partial charge in [0.1, 0.15) is 6.71 Å². The Bertz CT molecular complexity index is 89.8. The van der Waals surface area contributed by atoms with E-state index in [4.69, 9.17) is 0 Å². The van der Waals surface area contributed by atoms with Crippen molar-refractivity contribution in [1.82, 2.24) is 0 Å². The summed E-state index contributed by atoms with van der Waals surface area (Å²) in [6, 6.07) is 0. The fourth-order valence-electron chi connectivity index (χ4n) is 1.94. The highest BCUT2D eigenvalue weighted by atomic mass is 32.1. The van der Waals surface area contributed by atoms with Gasteiger partial charge < -0.3 is 0 Å². The second kappa shape index (κ2) is 8.03. The third kappa shape index (κ3) is 5.13. The molecule has 1 atom stereocenters. The lowest BCUT2D eigenvalue weighted by molar-refractivity contribution is 0.744. The van der Waals surface area contributed by atoms with Crippen LogP contribution in [-0.2, 0) is 0 Å². The van der Waals surface area contributed by atoms with Gasteiger partial charge in [0.25, 0.3) is 0 Å². The predicted molar refractivity (Wildman–Crippen MR) is 63.8 cm³/mol. The Kier molecular flexibility index (Phi) is 8.31. The van der Waals surface area contributed by atoms with Crippen molar-refractivity contribution in [3.05, 3.63) is 0 Å². The summed E-state index contributed by atoms with van der Waals surface area (Å²) in [4.78, 5) is 0. The summed E-state index contributed by atoms with van der Waals surface area (Å²) in [7, 11) is 0. The van der Waals surface area contributed by atoms with Crippen LogP contribution in [0, 0.1) is 0 Å². The molecule has 72 valence electrons. The first kappa shape index (κ1) is 12.4. The molecule has 0 aliphatic rings. The van der Waals surface area contributed by atoms with Crippen LogP contribution in [0.2, 0.25) is 18.5 Å². The molecule has 0 saturated carbocycles. The van der Waals surface area contributed by atoms with Crippen molar-refractivity contribution >= 4 is 19.3 Å². The first-order chi connectivity index (χ1) is 5.76. The quantitative estimate of drug-likeness (QED) is 0.450. The molecule has 0 unspecified atom stereocenters. The van der Waals surface area contributed by atoms with E-state index in [0.717, 1.165) is 18.3 Å². The van der Waals surface area contributed by atoms with Crippen LogP contribution in [0.4, 0.5) is 0 Å². The molecular formula is C10H23BS. The first-order valence-electron chi connectivity index (χ1n) is 5.37. The van der Waals surface area contributed by atoms with Crippen LogP contribution in [0.5, 0.6) is 0 Å². The fourth-order valence-corrected chi connectivity index (χ4v) is 2.27. The third-order valence-corrected chi connectivity index (χ3v) is 2.97. The highest BCUT2D eigenvalue weighted by molar-refractivity contribution is 7.80. The molecule has 0 fully saturated rings. The van der Waals surface area contributed by atoms with Crippen molar-refractivity contribution in [3.8, 4) is 0 Å². The average molecular weight is 186 g/mol. The second-order valence-electron chi connectivity index (χ2n) is 3.83. The molecule has 0 bridgehead atoms. The lowest BCUT2D eigenvalue weighted by Gasteiger charge is -2.18. The van der Waals surface area contributed by atoms with Gasteiger partial charge in [0.15, 0.2) is 0 Å². The van der Waals surface area contributed by atoms with E-state index < -0.39 is 0 Å². The van der Waals surface area contributed by atoms with E-state index in [1.165, 1.54) is 31.9 Å². The van der Waals surface area contributed by atoms with Gasteiger partial charge in [-0.1, -0.05) is 58.5 Å². The van der Waals surface area contributed by atoms with Crippen LogP contribution in [0.15, 0.2) is 0 Å². The number of rotatable bonds is 7. The highest BCUT2D eigenvalue weighted by Crippen LogP contribution is 2.23. The summed E-state index contributed by atoms with van der Waals surface area (Å²) in [6.45, 7) is 7.88. The van der Waals surface area contributed by atoms with E-state index in [1.54, 1.807) is 0 Å². The second-order valence-corrected chi connectivity index (χ2v) is 4.27. The molecule has 0 heterocycles. The summed E-state index contributed by atoms with van der Waals surface area (Å²) >= 11 is 4.32. The van der Waals surface area contributed by atoms with E-state index in [9.17, 15) is 0 Å². The minimum absolute atomic E-state index is 0.905. The monoisotopic (exact) mass is 186 g/mol. The lowest BCUT2D eigenvalue weighted by atomic mass is 9.37. The first-order valence-corrected chi connectivity index (χ1v) is 6.00. The zero-order valence-corrected chi connectivity index (χ0v) is 9.74. The SMILES string of the molecule is CCCB(CCS)[C@H](C)CCC. The van der Waals surface area contributed by atoms with E-state index in [-0.39, 0.29) is 0 Å². The Morgan fingerprint density at radius 1 is 1.17 bits per heavy atom. The largest absolute Gasteiger partial charge is 0.180 e. The van der Waals surface area contributed by atoms with Crippen LogP contribution in [0.25, 0.3) is 0 Å². The Hall–Kier alpha value is 0.415. The molecule has 0 amide bonds. The lowest BCUT2D eigenvalue weighted by Crippen LogP contribution is -2.18. The van der Waals surface area contributed by atoms with E-state index in [0.29, 0.717) is 0 Å². The summed E-state index contributed by atoms with van der Waals surface area (Å²) < 4.78 is 0. The van der Waals surface area contributed by atoms with Crippen LogP contribution < -0.4 is 0 Å². The molecule has 12 heavy (non-hydrogen) atoms. The van der Waals surface area contributed by atoms with Crippen molar-refractivity contribution in [2.75, 3.05) is 5.75 Å². The molecule has 0 aromatic carbocycles. The molecule has 0 rings (SSSR count). The van der Waals surface area contributed by atoms with Gasteiger partial charge in [0.05, 0.1) is 0 Å². The van der Waals surface area contributed by atoms with Gasteiger partial charge in [-0.2, -0.15) is 12.6 Å². The normalized spacial score (nSPS) is 13.0. The minimum atomic E-state index is 0.905. The Morgan fingerprint density at radius 2 is 1.83 bits per heavy atom. The third-order valence-electron chi connectivity index (χ3n) is 2.71. The summed E-state index contributed by atoms with van der Waals surface area (Å²) in [5, 5.41) is 0. The molecule has 0 saturated heterocycles. The van der Waals surface area contributed by atoms with Crippen molar-refractivity contribution in [1.29, 1.82) is 0 Å². The number of thiol groups is 1. The maximum Gasteiger partial charge on any atom is 0.143 e. The van der Waals surface area contributed by atoms with Crippen molar-refractivity contribution in [3.63, 3.8) is 0 Å². The molecule has 0 N–H and O–H groups in total. The van der Waals surface area contributed by atoms with Crippen molar-refractivity contribution in [2.45, 2.75) is 58.5 Å². The molecule has 0 radical (unpaired) electrons. The topological polar surface area (TPSA) is 0 Å². The van der Waals surface area contributed by atoms with Crippen LogP contribution in [0.1, 0.15) is 40.0 Å². The zero-order chi connectivity index (χ0) is 9.40. The molecule has 0 aliphatic heterocycles. The molecule has 0 spiro atoms. The van der Waals surface area contributed by atoms with Gasteiger partial charge in [0.2, 0.25) is 0 Å². The average Bonchev–Trinajstić information content (AvgIpc) is 2.04. The maximum atomic E-state index is 4.32. The maximum absolute atomic E-state index is 4.32. The summed E-state index contributed by atoms with van der Waals surface area (Å²) in [5.74, 6) is 1.96. The van der Waals surface area contributed by atoms with Gasteiger partial charge in [-0.3, -0.25) is 0 Å². The molecule has 0 aromatic heterocycles. The van der Waals surface area contributed by atoms with Crippen molar-refractivity contribution < 1.29 is 0 Å². The van der Waals surface area contributed by atoms with Crippen LogP contribution in [0.3, 0.4) is 0 Å². The number of hydrogen-bond donors (Lipinski definition) is 1. The Morgan fingerprint density at radius 3 is 2.25 bits per heavy atom. The number of hydrogen-bond acceptors (Lipinski definition) is 1. The van der Waals surface area contributed by atoms with Gasteiger partial charge in [-0.25, -0.2) is 0 Å². The Balaban J connectivity index is 3.72.